The van der Waals surface area contributed by atoms with Crippen LogP contribution in [-0.2, 0) is 15.5 Å². The third kappa shape index (κ3) is 7.16. The molecule has 80 valence electrons. The van der Waals surface area contributed by atoms with Gasteiger partial charge in [-0.2, -0.15) is 0 Å². The van der Waals surface area contributed by atoms with Gasteiger partial charge in [0.05, 0.1) is 0 Å². The molecular formula is C9H21NO2S. The number of ether oxygens (including phenoxy) is 1. The third-order valence-electron chi connectivity index (χ3n) is 1.95. The van der Waals surface area contributed by atoms with E-state index in [0.29, 0.717) is 12.4 Å². The SMILES string of the molecule is COCCC(C)S(=O)CCC(C)N. The molecule has 0 fully saturated rings. The summed E-state index contributed by atoms with van der Waals surface area (Å²) in [7, 11) is 0.917. The third-order valence-corrected chi connectivity index (χ3v) is 3.72. The molecule has 0 aliphatic carbocycles. The number of hydrogen-bond acceptors (Lipinski definition) is 3. The molecule has 0 aromatic carbocycles. The predicted molar refractivity (Wildman–Crippen MR) is 57.2 cm³/mol. The molecule has 0 bridgehead atoms. The fourth-order valence-corrected chi connectivity index (χ4v) is 2.28. The number of hydrogen-bond donors (Lipinski definition) is 1. The molecular weight excluding hydrogens is 186 g/mol. The van der Waals surface area contributed by atoms with Crippen LogP contribution in [0.4, 0.5) is 0 Å². The van der Waals surface area contributed by atoms with E-state index in [-0.39, 0.29) is 11.3 Å². The Morgan fingerprint density at radius 2 is 2.00 bits per heavy atom. The van der Waals surface area contributed by atoms with E-state index in [1.165, 1.54) is 0 Å². The standard InChI is InChI=1S/C9H21NO2S/c1-8(10)5-7-13(11)9(2)4-6-12-3/h8-9H,4-7,10H2,1-3H3. The lowest BCUT2D eigenvalue weighted by atomic mass is 10.3. The maximum Gasteiger partial charge on any atom is 0.0473 e. The second kappa shape index (κ2) is 7.47. The van der Waals surface area contributed by atoms with Gasteiger partial charge in [0.15, 0.2) is 0 Å². The Hall–Kier alpha value is 0.0700. The van der Waals surface area contributed by atoms with Crippen LogP contribution >= 0.6 is 0 Å². The van der Waals surface area contributed by atoms with Crippen molar-refractivity contribution in [1.82, 2.24) is 0 Å². The zero-order valence-electron chi connectivity index (χ0n) is 8.79. The summed E-state index contributed by atoms with van der Waals surface area (Å²) in [4.78, 5) is 0. The largest absolute Gasteiger partial charge is 0.385 e. The average molecular weight is 207 g/mol. The Morgan fingerprint density at radius 1 is 1.38 bits per heavy atom. The summed E-state index contributed by atoms with van der Waals surface area (Å²) < 4.78 is 16.5. The average Bonchev–Trinajstić information content (AvgIpc) is 2.10. The van der Waals surface area contributed by atoms with Gasteiger partial charge in [0.1, 0.15) is 0 Å². The second-order valence-electron chi connectivity index (χ2n) is 3.44. The first-order valence-electron chi connectivity index (χ1n) is 4.69. The van der Waals surface area contributed by atoms with E-state index in [9.17, 15) is 4.21 Å². The van der Waals surface area contributed by atoms with Gasteiger partial charge in [-0.3, -0.25) is 4.21 Å². The first-order chi connectivity index (χ1) is 6.07. The molecule has 2 N–H and O–H groups in total. The fraction of sp³-hybridized carbons (Fsp3) is 1.00. The van der Waals surface area contributed by atoms with Crippen molar-refractivity contribution in [3.05, 3.63) is 0 Å². The molecule has 13 heavy (non-hydrogen) atoms. The minimum Gasteiger partial charge on any atom is -0.385 e. The summed E-state index contributed by atoms with van der Waals surface area (Å²) in [5.74, 6) is 0.711. The van der Waals surface area contributed by atoms with Gasteiger partial charge in [0, 0.05) is 41.6 Å². The highest BCUT2D eigenvalue weighted by Crippen LogP contribution is 2.04. The lowest BCUT2D eigenvalue weighted by molar-refractivity contribution is 0.195. The zero-order chi connectivity index (χ0) is 10.3. The van der Waals surface area contributed by atoms with Crippen molar-refractivity contribution in [1.29, 1.82) is 0 Å². The molecule has 3 atom stereocenters. The molecule has 0 aromatic rings. The minimum absolute atomic E-state index is 0.151. The monoisotopic (exact) mass is 207 g/mol. The van der Waals surface area contributed by atoms with E-state index in [1.807, 2.05) is 13.8 Å². The van der Waals surface area contributed by atoms with Crippen molar-refractivity contribution in [2.24, 2.45) is 5.73 Å². The Labute approximate surface area is 83.5 Å². The highest BCUT2D eigenvalue weighted by Gasteiger charge is 2.10. The molecule has 4 heteroatoms. The molecule has 0 amide bonds. The van der Waals surface area contributed by atoms with Crippen LogP contribution in [0.15, 0.2) is 0 Å². The summed E-state index contributed by atoms with van der Waals surface area (Å²) in [5, 5.41) is 0.221. The van der Waals surface area contributed by atoms with Gasteiger partial charge in [0.2, 0.25) is 0 Å². The molecule has 0 aliphatic rings. The van der Waals surface area contributed by atoms with E-state index in [2.05, 4.69) is 0 Å². The van der Waals surface area contributed by atoms with Crippen LogP contribution in [0.3, 0.4) is 0 Å². The van der Waals surface area contributed by atoms with Gasteiger partial charge < -0.3 is 10.5 Å². The van der Waals surface area contributed by atoms with Gasteiger partial charge in [-0.25, -0.2) is 0 Å². The summed E-state index contributed by atoms with van der Waals surface area (Å²) in [6, 6.07) is 0.151. The molecule has 0 spiro atoms. The molecule has 0 aromatic heterocycles. The van der Waals surface area contributed by atoms with E-state index in [4.69, 9.17) is 10.5 Å². The Balaban J connectivity index is 3.57. The van der Waals surface area contributed by atoms with Crippen molar-refractivity contribution >= 4 is 10.8 Å². The number of methoxy groups -OCH3 is 1. The highest BCUT2D eigenvalue weighted by atomic mass is 32.2. The molecule has 3 unspecified atom stereocenters. The predicted octanol–water partition coefficient (Wildman–Crippen LogP) is 0.897. The highest BCUT2D eigenvalue weighted by molar-refractivity contribution is 7.85. The van der Waals surface area contributed by atoms with E-state index in [1.54, 1.807) is 7.11 Å². The van der Waals surface area contributed by atoms with Crippen molar-refractivity contribution in [2.75, 3.05) is 19.5 Å². The maximum atomic E-state index is 11.6. The van der Waals surface area contributed by atoms with Gasteiger partial charge in [-0.15, -0.1) is 0 Å². The van der Waals surface area contributed by atoms with Crippen LogP contribution in [0.2, 0.25) is 0 Å². The normalized spacial score (nSPS) is 18.2. The molecule has 0 saturated carbocycles. The Morgan fingerprint density at radius 3 is 2.46 bits per heavy atom. The van der Waals surface area contributed by atoms with Crippen molar-refractivity contribution < 1.29 is 8.95 Å². The van der Waals surface area contributed by atoms with Crippen molar-refractivity contribution in [3.8, 4) is 0 Å². The Kier molecular flexibility index (Phi) is 7.51. The molecule has 0 heterocycles. The Bertz CT molecular complexity index is 151. The van der Waals surface area contributed by atoms with Crippen molar-refractivity contribution in [3.63, 3.8) is 0 Å². The van der Waals surface area contributed by atoms with E-state index in [0.717, 1.165) is 12.8 Å². The summed E-state index contributed by atoms with van der Waals surface area (Å²) >= 11 is 0. The molecule has 0 saturated heterocycles. The van der Waals surface area contributed by atoms with Crippen molar-refractivity contribution in [2.45, 2.75) is 38.0 Å². The topological polar surface area (TPSA) is 52.3 Å². The molecule has 3 nitrogen and oxygen atoms in total. The van der Waals surface area contributed by atoms with Gasteiger partial charge in [-0.1, -0.05) is 6.92 Å². The van der Waals surface area contributed by atoms with Crippen LogP contribution in [0.5, 0.6) is 0 Å². The van der Waals surface area contributed by atoms with Gasteiger partial charge in [0.25, 0.3) is 0 Å². The van der Waals surface area contributed by atoms with E-state index < -0.39 is 10.8 Å². The second-order valence-corrected chi connectivity index (χ2v) is 5.42. The molecule has 0 radical (unpaired) electrons. The van der Waals surface area contributed by atoms with Crippen LogP contribution < -0.4 is 5.73 Å². The molecule has 0 rings (SSSR count). The lowest BCUT2D eigenvalue weighted by Crippen LogP contribution is -2.22. The maximum absolute atomic E-state index is 11.6. The van der Waals surface area contributed by atoms with Crippen LogP contribution in [0.1, 0.15) is 26.7 Å². The first kappa shape index (κ1) is 13.1. The van der Waals surface area contributed by atoms with Crippen LogP contribution in [0.25, 0.3) is 0 Å². The molecule has 0 aliphatic heterocycles. The minimum atomic E-state index is -0.747. The van der Waals surface area contributed by atoms with Gasteiger partial charge in [-0.05, 0) is 19.8 Å². The zero-order valence-corrected chi connectivity index (χ0v) is 9.60. The number of nitrogens with two attached hydrogens (primary N) is 1. The smallest absolute Gasteiger partial charge is 0.0473 e. The van der Waals surface area contributed by atoms with E-state index >= 15 is 0 Å². The first-order valence-corrected chi connectivity index (χ1v) is 6.07. The van der Waals surface area contributed by atoms with Gasteiger partial charge >= 0.3 is 0 Å². The quantitative estimate of drug-likeness (QED) is 0.675. The number of rotatable bonds is 7. The fourth-order valence-electron chi connectivity index (χ4n) is 0.918. The van der Waals surface area contributed by atoms with Crippen LogP contribution in [0, 0.1) is 0 Å². The summed E-state index contributed by atoms with van der Waals surface area (Å²) in [6.45, 7) is 4.62. The summed E-state index contributed by atoms with van der Waals surface area (Å²) in [5.41, 5.74) is 5.58. The lowest BCUT2D eigenvalue weighted by Gasteiger charge is -2.11. The summed E-state index contributed by atoms with van der Waals surface area (Å²) in [6.07, 6.45) is 1.70. The van der Waals surface area contributed by atoms with Crippen LogP contribution in [-0.4, -0.2) is 35.0 Å².